The van der Waals surface area contributed by atoms with Gasteiger partial charge in [0.05, 0.1) is 5.69 Å². The molecule has 1 aliphatic rings. The number of carbonyl (C=O) groups is 1. The largest absolute Gasteiger partial charge is 0.480 e. The molecule has 0 amide bonds. The molecular weight excluding hydrogens is 194 g/mol. The van der Waals surface area contributed by atoms with Crippen molar-refractivity contribution in [2.75, 3.05) is 0 Å². The van der Waals surface area contributed by atoms with Crippen molar-refractivity contribution in [2.24, 2.45) is 5.73 Å². The molecule has 1 heterocycles. The van der Waals surface area contributed by atoms with Gasteiger partial charge in [0.15, 0.2) is 0 Å². The summed E-state index contributed by atoms with van der Waals surface area (Å²) in [7, 11) is 0. The summed E-state index contributed by atoms with van der Waals surface area (Å²) >= 11 is 0. The first kappa shape index (κ1) is 10.2. The molecule has 0 bridgehead atoms. The lowest BCUT2D eigenvalue weighted by atomic mass is 9.90. The second kappa shape index (κ2) is 3.06. The molecule has 1 aromatic rings. The summed E-state index contributed by atoms with van der Waals surface area (Å²) < 4.78 is 0. The molecule has 5 heteroatoms. The standard InChI is InChI=1S/C10H15N3O2/c1-5(2)8-7-6(12-13-8)3-4-10(7,11)9(14)15/h5H,3-4,11H2,1-2H3,(H,12,13)(H,14,15). The van der Waals surface area contributed by atoms with Crippen molar-refractivity contribution in [2.45, 2.75) is 38.1 Å². The second-order valence-corrected chi connectivity index (χ2v) is 4.39. The molecule has 0 radical (unpaired) electrons. The molecule has 1 aliphatic carbocycles. The van der Waals surface area contributed by atoms with Gasteiger partial charge in [-0.15, -0.1) is 0 Å². The Kier molecular flexibility index (Phi) is 2.08. The Balaban J connectivity index is 2.57. The van der Waals surface area contributed by atoms with E-state index >= 15 is 0 Å². The maximum absolute atomic E-state index is 11.2. The molecule has 2 rings (SSSR count). The minimum absolute atomic E-state index is 0.186. The Hall–Kier alpha value is -1.36. The highest BCUT2D eigenvalue weighted by Gasteiger charge is 2.45. The van der Waals surface area contributed by atoms with Crippen LogP contribution in [0.4, 0.5) is 0 Å². The molecule has 82 valence electrons. The zero-order chi connectivity index (χ0) is 11.2. The third-order valence-corrected chi connectivity index (χ3v) is 3.01. The maximum atomic E-state index is 11.2. The van der Waals surface area contributed by atoms with E-state index in [1.165, 1.54) is 0 Å². The number of aliphatic carboxylic acids is 1. The van der Waals surface area contributed by atoms with Crippen LogP contribution < -0.4 is 5.73 Å². The first-order chi connectivity index (χ1) is 6.97. The molecule has 0 aliphatic heterocycles. The quantitative estimate of drug-likeness (QED) is 0.669. The number of hydrogen-bond donors (Lipinski definition) is 3. The van der Waals surface area contributed by atoms with Crippen LogP contribution in [0.5, 0.6) is 0 Å². The third kappa shape index (κ3) is 1.26. The number of aromatic amines is 1. The molecule has 0 saturated carbocycles. The van der Waals surface area contributed by atoms with Gasteiger partial charge in [0.25, 0.3) is 0 Å². The highest BCUT2D eigenvalue weighted by atomic mass is 16.4. The Bertz CT molecular complexity index is 411. The van der Waals surface area contributed by atoms with Crippen LogP contribution in [-0.4, -0.2) is 21.3 Å². The summed E-state index contributed by atoms with van der Waals surface area (Å²) in [5.41, 5.74) is 7.05. The van der Waals surface area contributed by atoms with E-state index in [2.05, 4.69) is 10.2 Å². The summed E-state index contributed by atoms with van der Waals surface area (Å²) in [4.78, 5) is 11.2. The molecule has 0 saturated heterocycles. The van der Waals surface area contributed by atoms with Crippen LogP contribution in [0.25, 0.3) is 0 Å². The number of fused-ring (bicyclic) bond motifs is 1. The predicted octanol–water partition coefficient (Wildman–Crippen LogP) is 0.718. The molecule has 5 nitrogen and oxygen atoms in total. The highest BCUT2D eigenvalue weighted by molar-refractivity contribution is 5.82. The summed E-state index contributed by atoms with van der Waals surface area (Å²) in [5, 5.41) is 16.2. The molecule has 1 aromatic heterocycles. The van der Waals surface area contributed by atoms with Crippen LogP contribution in [0.15, 0.2) is 0 Å². The number of carboxylic acids is 1. The lowest BCUT2D eigenvalue weighted by molar-refractivity contribution is -0.143. The molecule has 1 atom stereocenters. The Labute approximate surface area is 87.7 Å². The third-order valence-electron chi connectivity index (χ3n) is 3.01. The maximum Gasteiger partial charge on any atom is 0.328 e. The zero-order valence-electron chi connectivity index (χ0n) is 8.87. The predicted molar refractivity (Wildman–Crippen MR) is 54.5 cm³/mol. The van der Waals surface area contributed by atoms with Gasteiger partial charge in [-0.05, 0) is 18.8 Å². The summed E-state index contributed by atoms with van der Waals surface area (Å²) in [6.07, 6.45) is 1.11. The SMILES string of the molecule is CC(C)c1n[nH]c2c1C(N)(C(=O)O)CC2. The number of hydrogen-bond acceptors (Lipinski definition) is 3. The molecule has 15 heavy (non-hydrogen) atoms. The first-order valence-electron chi connectivity index (χ1n) is 5.06. The summed E-state index contributed by atoms with van der Waals surface area (Å²) in [6.45, 7) is 3.97. The molecule has 0 aromatic carbocycles. The number of aromatic nitrogens is 2. The monoisotopic (exact) mass is 209 g/mol. The fraction of sp³-hybridized carbons (Fsp3) is 0.600. The minimum atomic E-state index is -1.25. The van der Waals surface area contributed by atoms with Gasteiger partial charge in [-0.2, -0.15) is 5.10 Å². The van der Waals surface area contributed by atoms with E-state index in [4.69, 9.17) is 5.73 Å². The number of nitrogens with two attached hydrogens (primary N) is 1. The number of carboxylic acid groups (broad SMARTS) is 1. The summed E-state index contributed by atoms with van der Waals surface area (Å²) in [5.74, 6) is -0.782. The number of nitrogens with zero attached hydrogens (tertiary/aromatic N) is 1. The smallest absolute Gasteiger partial charge is 0.328 e. The fourth-order valence-corrected chi connectivity index (χ4v) is 2.15. The van der Waals surface area contributed by atoms with Crippen molar-refractivity contribution in [1.29, 1.82) is 0 Å². The lowest BCUT2D eigenvalue weighted by Crippen LogP contribution is -2.43. The minimum Gasteiger partial charge on any atom is -0.480 e. The molecule has 0 spiro atoms. The van der Waals surface area contributed by atoms with Gasteiger partial charge < -0.3 is 10.8 Å². The van der Waals surface area contributed by atoms with E-state index in [0.29, 0.717) is 18.4 Å². The number of aryl methyl sites for hydroxylation is 1. The normalized spacial score (nSPS) is 24.5. The topological polar surface area (TPSA) is 92.0 Å². The number of rotatable bonds is 2. The van der Waals surface area contributed by atoms with E-state index in [-0.39, 0.29) is 5.92 Å². The first-order valence-corrected chi connectivity index (χ1v) is 5.06. The number of H-pyrrole nitrogens is 1. The Morgan fingerprint density at radius 2 is 2.33 bits per heavy atom. The van der Waals surface area contributed by atoms with Crippen LogP contribution >= 0.6 is 0 Å². The van der Waals surface area contributed by atoms with Crippen molar-refractivity contribution in [3.63, 3.8) is 0 Å². The van der Waals surface area contributed by atoms with Gasteiger partial charge in [0, 0.05) is 11.3 Å². The van der Waals surface area contributed by atoms with Crippen LogP contribution in [0.2, 0.25) is 0 Å². The van der Waals surface area contributed by atoms with Crippen LogP contribution in [0, 0.1) is 0 Å². The van der Waals surface area contributed by atoms with E-state index in [1.54, 1.807) is 0 Å². The van der Waals surface area contributed by atoms with E-state index in [9.17, 15) is 9.90 Å². The molecule has 1 unspecified atom stereocenters. The Morgan fingerprint density at radius 3 is 2.87 bits per heavy atom. The average Bonchev–Trinajstić information content (AvgIpc) is 2.68. The van der Waals surface area contributed by atoms with E-state index in [0.717, 1.165) is 11.4 Å². The van der Waals surface area contributed by atoms with Gasteiger partial charge in [-0.1, -0.05) is 13.8 Å². The molecule has 0 fully saturated rings. The highest BCUT2D eigenvalue weighted by Crippen LogP contribution is 2.38. The lowest BCUT2D eigenvalue weighted by Gasteiger charge is -2.20. The van der Waals surface area contributed by atoms with Crippen molar-refractivity contribution in [1.82, 2.24) is 10.2 Å². The van der Waals surface area contributed by atoms with E-state index < -0.39 is 11.5 Å². The van der Waals surface area contributed by atoms with Gasteiger partial charge in [-0.25, -0.2) is 4.79 Å². The fourth-order valence-electron chi connectivity index (χ4n) is 2.15. The van der Waals surface area contributed by atoms with Crippen molar-refractivity contribution in [3.05, 3.63) is 17.0 Å². The van der Waals surface area contributed by atoms with Crippen molar-refractivity contribution >= 4 is 5.97 Å². The van der Waals surface area contributed by atoms with Crippen molar-refractivity contribution in [3.8, 4) is 0 Å². The van der Waals surface area contributed by atoms with E-state index in [1.807, 2.05) is 13.8 Å². The second-order valence-electron chi connectivity index (χ2n) is 4.39. The van der Waals surface area contributed by atoms with Crippen molar-refractivity contribution < 1.29 is 9.90 Å². The van der Waals surface area contributed by atoms with Gasteiger partial charge in [-0.3, -0.25) is 5.10 Å². The van der Waals surface area contributed by atoms with Crippen LogP contribution in [-0.2, 0) is 16.8 Å². The van der Waals surface area contributed by atoms with Gasteiger partial charge in [0.1, 0.15) is 5.54 Å². The zero-order valence-corrected chi connectivity index (χ0v) is 8.87. The van der Waals surface area contributed by atoms with Gasteiger partial charge in [0.2, 0.25) is 0 Å². The molecule has 4 N–H and O–H groups in total. The summed E-state index contributed by atoms with van der Waals surface area (Å²) in [6, 6.07) is 0. The number of nitrogens with one attached hydrogen (secondary N) is 1. The average molecular weight is 209 g/mol. The van der Waals surface area contributed by atoms with Crippen LogP contribution in [0.3, 0.4) is 0 Å². The molecular formula is C10H15N3O2. The Morgan fingerprint density at radius 1 is 1.67 bits per heavy atom. The van der Waals surface area contributed by atoms with Gasteiger partial charge >= 0.3 is 5.97 Å². The van der Waals surface area contributed by atoms with Crippen LogP contribution in [0.1, 0.15) is 43.1 Å².